The van der Waals surface area contributed by atoms with Gasteiger partial charge < -0.3 is 20.1 Å². The summed E-state index contributed by atoms with van der Waals surface area (Å²) in [6, 6.07) is 9.50. The summed E-state index contributed by atoms with van der Waals surface area (Å²) in [7, 11) is 1.81. The molecule has 0 saturated carbocycles. The standard InChI is InChI=1S/C18H17F3N4O/c1-24-6-7-25(14-4-3-12(9-15(14)24)18(19,20)21)10-11-2-5-16-13(8-11)17(22)23-26-16/h2-5,8-9H,6-7,10H2,1H3,(H2,22,23). The number of benzene rings is 2. The molecule has 0 aliphatic carbocycles. The van der Waals surface area contributed by atoms with E-state index < -0.39 is 11.7 Å². The summed E-state index contributed by atoms with van der Waals surface area (Å²) in [6.07, 6.45) is -4.35. The fourth-order valence-corrected chi connectivity index (χ4v) is 3.27. The van der Waals surface area contributed by atoms with Crippen LogP contribution in [-0.2, 0) is 12.7 Å². The number of nitrogens with two attached hydrogens (primary N) is 1. The highest BCUT2D eigenvalue weighted by atomic mass is 19.4. The number of alkyl halides is 3. The van der Waals surface area contributed by atoms with Crippen LogP contribution in [0.15, 0.2) is 40.9 Å². The zero-order valence-corrected chi connectivity index (χ0v) is 14.0. The zero-order chi connectivity index (χ0) is 18.5. The number of fused-ring (bicyclic) bond motifs is 2. The van der Waals surface area contributed by atoms with Gasteiger partial charge in [-0.05, 0) is 35.9 Å². The summed E-state index contributed by atoms with van der Waals surface area (Å²) in [5.41, 5.74) is 8.13. The molecule has 2 aromatic carbocycles. The molecule has 3 aromatic rings. The Kier molecular flexibility index (Phi) is 3.71. The molecule has 1 aliphatic rings. The van der Waals surface area contributed by atoms with Crippen molar-refractivity contribution in [1.29, 1.82) is 0 Å². The summed E-state index contributed by atoms with van der Waals surface area (Å²) in [5, 5.41) is 4.48. The van der Waals surface area contributed by atoms with Gasteiger partial charge in [-0.3, -0.25) is 0 Å². The van der Waals surface area contributed by atoms with Crippen molar-refractivity contribution in [3.63, 3.8) is 0 Å². The van der Waals surface area contributed by atoms with Gasteiger partial charge >= 0.3 is 6.18 Å². The van der Waals surface area contributed by atoms with Crippen LogP contribution in [0.5, 0.6) is 0 Å². The molecule has 136 valence electrons. The van der Waals surface area contributed by atoms with Crippen molar-refractivity contribution in [1.82, 2.24) is 5.16 Å². The number of likely N-dealkylation sites (N-methyl/N-ethyl adjacent to an activating group) is 1. The first-order valence-corrected chi connectivity index (χ1v) is 8.14. The number of rotatable bonds is 2. The molecule has 5 nitrogen and oxygen atoms in total. The molecule has 2 N–H and O–H groups in total. The Morgan fingerprint density at radius 3 is 2.69 bits per heavy atom. The smallest absolute Gasteiger partial charge is 0.380 e. The van der Waals surface area contributed by atoms with Crippen LogP contribution >= 0.6 is 0 Å². The zero-order valence-electron chi connectivity index (χ0n) is 14.0. The number of hydrogen-bond acceptors (Lipinski definition) is 5. The van der Waals surface area contributed by atoms with Crippen molar-refractivity contribution < 1.29 is 17.7 Å². The van der Waals surface area contributed by atoms with Crippen LogP contribution in [0.3, 0.4) is 0 Å². The summed E-state index contributed by atoms with van der Waals surface area (Å²) >= 11 is 0. The first-order valence-electron chi connectivity index (χ1n) is 8.14. The predicted octanol–water partition coefficient (Wildman–Crippen LogP) is 3.89. The summed E-state index contributed by atoms with van der Waals surface area (Å²) in [4.78, 5) is 3.92. The Hall–Kier alpha value is -2.90. The molecule has 0 spiro atoms. The molecule has 0 fully saturated rings. The lowest BCUT2D eigenvalue weighted by molar-refractivity contribution is -0.137. The van der Waals surface area contributed by atoms with Gasteiger partial charge in [-0.2, -0.15) is 13.2 Å². The van der Waals surface area contributed by atoms with Crippen molar-refractivity contribution >= 4 is 28.2 Å². The maximum Gasteiger partial charge on any atom is 0.416 e. The topological polar surface area (TPSA) is 58.5 Å². The molecule has 4 rings (SSSR count). The Labute approximate surface area is 147 Å². The van der Waals surface area contributed by atoms with Crippen LogP contribution in [0.1, 0.15) is 11.1 Å². The first kappa shape index (κ1) is 16.6. The lowest BCUT2D eigenvalue weighted by atomic mass is 10.1. The third-order valence-electron chi connectivity index (χ3n) is 4.70. The van der Waals surface area contributed by atoms with Crippen molar-refractivity contribution in [2.24, 2.45) is 0 Å². The van der Waals surface area contributed by atoms with E-state index in [4.69, 9.17) is 10.3 Å². The van der Waals surface area contributed by atoms with Crippen LogP contribution in [0.4, 0.5) is 30.4 Å². The fraction of sp³-hybridized carbons (Fsp3) is 0.278. The third-order valence-corrected chi connectivity index (χ3v) is 4.70. The number of halogens is 3. The van der Waals surface area contributed by atoms with Crippen molar-refractivity contribution in [3.8, 4) is 0 Å². The van der Waals surface area contributed by atoms with Gasteiger partial charge in [0.15, 0.2) is 11.4 Å². The summed E-state index contributed by atoms with van der Waals surface area (Å²) in [5.74, 6) is 0.329. The van der Waals surface area contributed by atoms with Crippen molar-refractivity contribution in [2.45, 2.75) is 12.7 Å². The third kappa shape index (κ3) is 2.81. The van der Waals surface area contributed by atoms with Crippen molar-refractivity contribution in [2.75, 3.05) is 35.7 Å². The van der Waals surface area contributed by atoms with Gasteiger partial charge in [0.2, 0.25) is 0 Å². The minimum absolute atomic E-state index is 0.329. The lowest BCUT2D eigenvalue weighted by Gasteiger charge is -2.37. The van der Waals surface area contributed by atoms with Crippen LogP contribution in [-0.4, -0.2) is 25.3 Å². The SMILES string of the molecule is CN1CCN(Cc2ccc3onc(N)c3c2)c2ccc(C(F)(F)F)cc21. The number of hydrogen-bond donors (Lipinski definition) is 1. The molecule has 0 radical (unpaired) electrons. The molecular weight excluding hydrogens is 345 g/mol. The average molecular weight is 362 g/mol. The minimum Gasteiger partial charge on any atom is -0.380 e. The van der Waals surface area contributed by atoms with E-state index in [2.05, 4.69) is 10.1 Å². The largest absolute Gasteiger partial charge is 0.416 e. The predicted molar refractivity (Wildman–Crippen MR) is 94.2 cm³/mol. The average Bonchev–Trinajstić information content (AvgIpc) is 2.97. The van der Waals surface area contributed by atoms with E-state index in [1.807, 2.05) is 17.0 Å². The first-order chi connectivity index (χ1) is 12.3. The van der Waals surface area contributed by atoms with Gasteiger partial charge in [0.25, 0.3) is 0 Å². The molecule has 0 bridgehead atoms. The molecular formula is C18H17F3N4O. The molecule has 1 aromatic heterocycles. The molecule has 0 unspecified atom stereocenters. The quantitative estimate of drug-likeness (QED) is 0.750. The van der Waals surface area contributed by atoms with Gasteiger partial charge in [-0.25, -0.2) is 0 Å². The van der Waals surface area contributed by atoms with E-state index in [9.17, 15) is 13.2 Å². The van der Waals surface area contributed by atoms with Gasteiger partial charge in [0.05, 0.1) is 22.3 Å². The molecule has 0 amide bonds. The normalized spacial score (nSPS) is 14.8. The Bertz CT molecular complexity index is 967. The van der Waals surface area contributed by atoms with E-state index in [-0.39, 0.29) is 0 Å². The molecule has 0 atom stereocenters. The number of anilines is 3. The second-order valence-corrected chi connectivity index (χ2v) is 6.44. The molecule has 26 heavy (non-hydrogen) atoms. The maximum absolute atomic E-state index is 13.0. The number of nitrogen functional groups attached to an aromatic ring is 1. The van der Waals surface area contributed by atoms with Crippen LogP contribution in [0, 0.1) is 0 Å². The monoisotopic (exact) mass is 362 g/mol. The highest BCUT2D eigenvalue weighted by Gasteiger charge is 2.32. The van der Waals surface area contributed by atoms with E-state index in [0.717, 1.165) is 22.7 Å². The van der Waals surface area contributed by atoms with Gasteiger partial charge in [0.1, 0.15) is 0 Å². The lowest BCUT2D eigenvalue weighted by Crippen LogP contribution is -2.39. The highest BCUT2D eigenvalue weighted by molar-refractivity contribution is 5.87. The van der Waals surface area contributed by atoms with E-state index >= 15 is 0 Å². The molecule has 2 heterocycles. The van der Waals surface area contributed by atoms with Crippen molar-refractivity contribution in [3.05, 3.63) is 47.5 Å². The second kappa shape index (κ2) is 5.82. The van der Waals surface area contributed by atoms with E-state index in [0.29, 0.717) is 36.7 Å². The molecule has 1 aliphatic heterocycles. The molecule has 8 heteroatoms. The Morgan fingerprint density at radius 2 is 1.92 bits per heavy atom. The van der Waals surface area contributed by atoms with Gasteiger partial charge in [-0.15, -0.1) is 0 Å². The highest BCUT2D eigenvalue weighted by Crippen LogP contribution is 2.39. The van der Waals surface area contributed by atoms with E-state index in [1.54, 1.807) is 19.2 Å². The fourth-order valence-electron chi connectivity index (χ4n) is 3.27. The second-order valence-electron chi connectivity index (χ2n) is 6.44. The van der Waals surface area contributed by atoms with Gasteiger partial charge in [-0.1, -0.05) is 11.2 Å². The molecule has 0 saturated heterocycles. The number of nitrogens with zero attached hydrogens (tertiary/aromatic N) is 3. The Morgan fingerprint density at radius 1 is 1.12 bits per heavy atom. The van der Waals surface area contributed by atoms with E-state index in [1.165, 1.54) is 6.07 Å². The number of aromatic nitrogens is 1. The minimum atomic E-state index is -4.35. The Balaban J connectivity index is 1.68. The van der Waals surface area contributed by atoms with Crippen LogP contribution < -0.4 is 15.5 Å². The maximum atomic E-state index is 13.0. The van der Waals surface area contributed by atoms with Crippen LogP contribution in [0.25, 0.3) is 11.0 Å². The van der Waals surface area contributed by atoms with Gasteiger partial charge in [0, 0.05) is 26.7 Å². The summed E-state index contributed by atoms with van der Waals surface area (Å²) in [6.45, 7) is 1.92. The van der Waals surface area contributed by atoms with Crippen LogP contribution in [0.2, 0.25) is 0 Å². The summed E-state index contributed by atoms with van der Waals surface area (Å²) < 4.78 is 44.2.